The van der Waals surface area contributed by atoms with E-state index < -0.39 is 11.4 Å². The Morgan fingerprint density at radius 3 is 2.96 bits per heavy atom. The number of rotatable bonds is 6. The summed E-state index contributed by atoms with van der Waals surface area (Å²) in [5.41, 5.74) is -0.0358. The minimum absolute atomic E-state index is 0.103. The molecule has 0 aromatic carbocycles. The van der Waals surface area contributed by atoms with E-state index in [4.69, 9.17) is 16.1 Å². The van der Waals surface area contributed by atoms with Gasteiger partial charge in [0.25, 0.3) is 0 Å². The number of hydrogen-bond acceptors (Lipinski definition) is 7. The lowest BCUT2D eigenvalue weighted by Crippen LogP contribution is -2.30. The maximum Gasteiger partial charge on any atom is 0.320 e. The van der Waals surface area contributed by atoms with Crippen LogP contribution in [0.1, 0.15) is 25.6 Å². The summed E-state index contributed by atoms with van der Waals surface area (Å²) in [6, 6.07) is 2.89. The molecule has 26 heavy (non-hydrogen) atoms. The first kappa shape index (κ1) is 18.1. The molecule has 0 unspecified atom stereocenters. The van der Waals surface area contributed by atoms with Crippen molar-refractivity contribution in [3.05, 3.63) is 35.2 Å². The van der Waals surface area contributed by atoms with E-state index in [1.165, 1.54) is 4.52 Å². The van der Waals surface area contributed by atoms with Crippen LogP contribution >= 0.6 is 11.6 Å². The largest absolute Gasteiger partial charge is 0.395 e. The molecule has 0 fully saturated rings. The van der Waals surface area contributed by atoms with Crippen LogP contribution in [-0.4, -0.2) is 49.0 Å². The summed E-state index contributed by atoms with van der Waals surface area (Å²) in [5.74, 6) is 1.16. The van der Waals surface area contributed by atoms with Gasteiger partial charge in [-0.15, -0.1) is 0 Å². The number of halogens is 1. The number of amides is 2. The number of aliphatic hydroxyl groups excluding tert-OH is 1. The maximum atomic E-state index is 11.9. The molecule has 0 radical (unpaired) electrons. The number of hydrogen-bond donors (Lipinski definition) is 3. The summed E-state index contributed by atoms with van der Waals surface area (Å²) in [4.78, 5) is 20.4. The summed E-state index contributed by atoms with van der Waals surface area (Å²) in [6.45, 7) is 3.80. The quantitative estimate of drug-likeness (QED) is 0.590. The van der Waals surface area contributed by atoms with Gasteiger partial charge in [-0.1, -0.05) is 16.8 Å². The molecule has 0 saturated heterocycles. The number of urea groups is 1. The Morgan fingerprint density at radius 2 is 2.19 bits per heavy atom. The smallest absolute Gasteiger partial charge is 0.320 e. The molecule has 0 aliphatic heterocycles. The molecule has 3 N–H and O–H groups in total. The molecule has 3 heterocycles. The number of aliphatic hydroxyl groups is 1. The molecule has 0 saturated carbocycles. The Hall–Kier alpha value is -2.72. The van der Waals surface area contributed by atoms with E-state index >= 15 is 0 Å². The fourth-order valence-corrected chi connectivity index (χ4v) is 2.21. The van der Waals surface area contributed by atoms with Crippen LogP contribution in [0.25, 0.3) is 5.65 Å². The third-order valence-electron chi connectivity index (χ3n) is 3.61. The van der Waals surface area contributed by atoms with Crippen LogP contribution in [0, 0.1) is 0 Å². The third kappa shape index (κ3) is 4.09. The van der Waals surface area contributed by atoms with Crippen LogP contribution in [0.3, 0.4) is 0 Å². The van der Waals surface area contributed by atoms with Crippen molar-refractivity contribution >= 4 is 29.1 Å². The topological polar surface area (TPSA) is 130 Å². The predicted molar refractivity (Wildman–Crippen MR) is 93.1 cm³/mol. The van der Waals surface area contributed by atoms with Gasteiger partial charge < -0.3 is 14.9 Å². The van der Waals surface area contributed by atoms with Gasteiger partial charge in [0.15, 0.2) is 17.3 Å². The fourth-order valence-electron chi connectivity index (χ4n) is 2.07. The van der Waals surface area contributed by atoms with Gasteiger partial charge in [-0.3, -0.25) is 5.32 Å². The monoisotopic (exact) mass is 379 g/mol. The van der Waals surface area contributed by atoms with Crippen LogP contribution < -0.4 is 10.6 Å². The highest BCUT2D eigenvalue weighted by Crippen LogP contribution is 2.20. The highest BCUT2D eigenvalue weighted by molar-refractivity contribution is 6.29. The molecular weight excluding hydrogens is 362 g/mol. The lowest BCUT2D eigenvalue weighted by molar-refractivity contribution is 0.182. The van der Waals surface area contributed by atoms with Crippen molar-refractivity contribution < 1.29 is 14.4 Å². The number of imidazole rings is 1. The molecule has 3 aromatic heterocycles. The normalized spacial score (nSPS) is 11.7. The van der Waals surface area contributed by atoms with Crippen molar-refractivity contribution in [3.63, 3.8) is 0 Å². The zero-order valence-corrected chi connectivity index (χ0v) is 15.0. The second kappa shape index (κ2) is 7.26. The molecule has 0 spiro atoms. The Labute approximate surface area is 153 Å². The van der Waals surface area contributed by atoms with E-state index in [-0.39, 0.29) is 6.61 Å². The van der Waals surface area contributed by atoms with Crippen molar-refractivity contribution in [1.82, 2.24) is 30.1 Å². The lowest BCUT2D eigenvalue weighted by Gasteiger charge is -2.14. The van der Waals surface area contributed by atoms with Gasteiger partial charge in [0.05, 0.1) is 18.2 Å². The Kier molecular flexibility index (Phi) is 5.05. The molecule has 0 atom stereocenters. The number of fused-ring (bicyclic) bond motifs is 1. The average molecular weight is 380 g/mol. The minimum atomic E-state index is -0.601. The first-order chi connectivity index (χ1) is 12.4. The fraction of sp³-hybridized carbons (Fsp3) is 0.400. The van der Waals surface area contributed by atoms with Crippen molar-refractivity contribution in [2.75, 3.05) is 18.5 Å². The highest BCUT2D eigenvalue weighted by atomic mass is 35.5. The predicted octanol–water partition coefficient (Wildman–Crippen LogP) is 1.40. The van der Waals surface area contributed by atoms with Gasteiger partial charge >= 0.3 is 6.03 Å². The lowest BCUT2D eigenvalue weighted by atomic mass is 9.95. The molecule has 11 heteroatoms. The second-order valence-electron chi connectivity index (χ2n) is 6.27. The molecule has 2 amide bonds. The van der Waals surface area contributed by atoms with Crippen LogP contribution in [0.15, 0.2) is 22.9 Å². The molecule has 138 valence electrons. The summed E-state index contributed by atoms with van der Waals surface area (Å²) < 4.78 is 6.61. The minimum Gasteiger partial charge on any atom is -0.395 e. The van der Waals surface area contributed by atoms with Crippen molar-refractivity contribution in [1.29, 1.82) is 0 Å². The Bertz CT molecular complexity index is 921. The number of nitrogens with one attached hydrogen (secondary N) is 2. The van der Waals surface area contributed by atoms with E-state index in [2.05, 4.69) is 30.9 Å². The van der Waals surface area contributed by atoms with E-state index in [1.807, 2.05) is 0 Å². The van der Waals surface area contributed by atoms with Crippen molar-refractivity contribution in [2.24, 2.45) is 0 Å². The van der Waals surface area contributed by atoms with Gasteiger partial charge in [0, 0.05) is 13.0 Å². The second-order valence-corrected chi connectivity index (χ2v) is 6.66. The molecule has 0 bridgehead atoms. The van der Waals surface area contributed by atoms with Crippen LogP contribution in [0.4, 0.5) is 10.6 Å². The molecule has 3 aromatic rings. The zero-order chi connectivity index (χ0) is 18.7. The Balaban J connectivity index is 1.51. The van der Waals surface area contributed by atoms with Crippen LogP contribution in [0.2, 0.25) is 5.15 Å². The summed E-state index contributed by atoms with van der Waals surface area (Å²) in [5, 5.41) is 22.8. The third-order valence-corrected chi connectivity index (χ3v) is 3.81. The SMILES string of the molecule is CC(C)(CO)c1nc(CCNC(=O)Nc2cn3nc(Cl)ccc3n2)no1. The van der Waals surface area contributed by atoms with Crippen LogP contribution in [-0.2, 0) is 11.8 Å². The highest BCUT2D eigenvalue weighted by Gasteiger charge is 2.26. The number of anilines is 1. The van der Waals surface area contributed by atoms with E-state index in [9.17, 15) is 9.90 Å². The number of aromatic nitrogens is 5. The first-order valence-electron chi connectivity index (χ1n) is 7.88. The van der Waals surface area contributed by atoms with Gasteiger partial charge in [0.1, 0.15) is 5.15 Å². The van der Waals surface area contributed by atoms with Crippen LogP contribution in [0.5, 0.6) is 0 Å². The van der Waals surface area contributed by atoms with E-state index in [1.54, 1.807) is 32.2 Å². The number of carbonyl (C=O) groups is 1. The zero-order valence-electron chi connectivity index (χ0n) is 14.2. The Morgan fingerprint density at radius 1 is 1.38 bits per heavy atom. The maximum absolute atomic E-state index is 11.9. The standard InChI is InChI=1S/C15H18ClN7O3/c1-15(2,8-24)13-19-10(22-26-13)5-6-17-14(25)20-11-7-23-12(18-11)4-3-9(16)21-23/h3-4,7,24H,5-6,8H2,1-2H3,(H2,17,20,25). The first-order valence-corrected chi connectivity index (χ1v) is 8.26. The van der Waals surface area contributed by atoms with Gasteiger partial charge in [0.2, 0.25) is 5.89 Å². The summed E-state index contributed by atoms with van der Waals surface area (Å²) in [7, 11) is 0. The molecule has 10 nitrogen and oxygen atoms in total. The number of carbonyl (C=O) groups excluding carboxylic acids is 1. The van der Waals surface area contributed by atoms with Gasteiger partial charge in [-0.05, 0) is 26.0 Å². The summed E-state index contributed by atoms with van der Waals surface area (Å²) in [6.07, 6.45) is 1.95. The number of nitrogens with zero attached hydrogens (tertiary/aromatic N) is 5. The van der Waals surface area contributed by atoms with Gasteiger partial charge in [-0.2, -0.15) is 10.1 Å². The molecular formula is C15H18ClN7O3. The molecule has 0 aliphatic carbocycles. The summed E-state index contributed by atoms with van der Waals surface area (Å²) >= 11 is 5.81. The van der Waals surface area contributed by atoms with Gasteiger partial charge in [-0.25, -0.2) is 14.3 Å². The van der Waals surface area contributed by atoms with Crippen molar-refractivity contribution in [2.45, 2.75) is 25.7 Å². The molecule has 3 rings (SSSR count). The van der Waals surface area contributed by atoms with Crippen molar-refractivity contribution in [3.8, 4) is 0 Å². The average Bonchev–Trinajstić information content (AvgIpc) is 3.21. The van der Waals surface area contributed by atoms with E-state index in [0.29, 0.717) is 41.3 Å². The molecule has 0 aliphatic rings. The van der Waals surface area contributed by atoms with E-state index in [0.717, 1.165) is 0 Å².